The molecule has 6 heteroatoms. The first kappa shape index (κ1) is 16.3. The Morgan fingerprint density at radius 3 is 2.50 bits per heavy atom. The number of hydrogen-bond donors (Lipinski definition) is 2. The van der Waals surface area contributed by atoms with Crippen LogP contribution in [0.2, 0.25) is 0 Å². The molecule has 0 saturated carbocycles. The summed E-state index contributed by atoms with van der Waals surface area (Å²) < 4.78 is 10.6. The maximum atomic E-state index is 12.4. The van der Waals surface area contributed by atoms with Crippen molar-refractivity contribution in [1.29, 1.82) is 0 Å². The molecule has 120 valence electrons. The van der Waals surface area contributed by atoms with E-state index >= 15 is 0 Å². The molecule has 1 fully saturated rings. The summed E-state index contributed by atoms with van der Waals surface area (Å²) in [5.74, 6) is -0.687. The first-order valence-electron chi connectivity index (χ1n) is 7.17. The van der Waals surface area contributed by atoms with Gasteiger partial charge >= 0.3 is 5.97 Å². The lowest BCUT2D eigenvalue weighted by molar-refractivity contribution is -0.139. The molecule has 0 aliphatic carbocycles. The number of hydrogen-bond acceptors (Lipinski definition) is 4. The molecule has 0 radical (unpaired) electrons. The maximum Gasteiger partial charge on any atom is 0.341 e. The molecule has 1 amide bonds. The fourth-order valence-electron chi connectivity index (χ4n) is 2.55. The summed E-state index contributed by atoms with van der Waals surface area (Å²) in [5, 5.41) is 11.7. The summed E-state index contributed by atoms with van der Waals surface area (Å²) in [7, 11) is 0. The van der Waals surface area contributed by atoms with Crippen LogP contribution in [-0.4, -0.2) is 42.3 Å². The predicted molar refractivity (Wildman–Crippen MR) is 80.4 cm³/mol. The van der Waals surface area contributed by atoms with Crippen molar-refractivity contribution in [1.82, 2.24) is 5.32 Å². The van der Waals surface area contributed by atoms with E-state index in [2.05, 4.69) is 5.32 Å². The van der Waals surface area contributed by atoms with Crippen LogP contribution in [0.3, 0.4) is 0 Å². The van der Waals surface area contributed by atoms with E-state index in [9.17, 15) is 9.59 Å². The number of benzene rings is 1. The number of carboxylic acids is 1. The van der Waals surface area contributed by atoms with Crippen molar-refractivity contribution in [2.45, 2.75) is 32.7 Å². The van der Waals surface area contributed by atoms with E-state index in [1.165, 1.54) is 0 Å². The lowest BCUT2D eigenvalue weighted by atomic mass is 10.00. The zero-order valence-electron chi connectivity index (χ0n) is 13.1. The topological polar surface area (TPSA) is 84.9 Å². The summed E-state index contributed by atoms with van der Waals surface area (Å²) in [6.07, 6.45) is 0.788. The van der Waals surface area contributed by atoms with Gasteiger partial charge in [-0.1, -0.05) is 0 Å². The van der Waals surface area contributed by atoms with Crippen LogP contribution in [-0.2, 0) is 9.53 Å². The highest BCUT2D eigenvalue weighted by Gasteiger charge is 2.31. The van der Waals surface area contributed by atoms with Gasteiger partial charge in [-0.2, -0.15) is 0 Å². The van der Waals surface area contributed by atoms with Crippen molar-refractivity contribution >= 4 is 11.9 Å². The number of aryl methyl sites for hydroxylation is 2. The Hall–Kier alpha value is -2.08. The third kappa shape index (κ3) is 3.76. The first-order valence-corrected chi connectivity index (χ1v) is 7.17. The summed E-state index contributed by atoms with van der Waals surface area (Å²) >= 11 is 0. The van der Waals surface area contributed by atoms with Crippen molar-refractivity contribution in [3.05, 3.63) is 28.8 Å². The van der Waals surface area contributed by atoms with E-state index in [0.29, 0.717) is 24.5 Å². The van der Waals surface area contributed by atoms with E-state index in [-0.39, 0.29) is 11.4 Å². The Morgan fingerprint density at radius 1 is 1.36 bits per heavy atom. The molecule has 1 aliphatic rings. The number of rotatable bonds is 5. The number of amides is 1. The molecule has 1 saturated heterocycles. The standard InChI is InChI=1S/C16H21NO5/c1-10-6-12(7-11(2)14(10)22-8-13(18)19)15(20)17-16(3)4-5-21-9-16/h6-7H,4-5,8-9H2,1-3H3,(H,17,20)(H,18,19). The van der Waals surface area contributed by atoms with Crippen molar-refractivity contribution in [3.63, 3.8) is 0 Å². The normalized spacial score (nSPS) is 20.7. The third-order valence-electron chi connectivity index (χ3n) is 3.70. The predicted octanol–water partition coefficient (Wildman–Crippen LogP) is 1.68. The average molecular weight is 307 g/mol. The molecule has 2 N–H and O–H groups in total. The minimum absolute atomic E-state index is 0.163. The monoisotopic (exact) mass is 307 g/mol. The number of carbonyl (C=O) groups excluding carboxylic acids is 1. The van der Waals surface area contributed by atoms with Crippen LogP contribution in [0.1, 0.15) is 34.8 Å². The molecule has 22 heavy (non-hydrogen) atoms. The van der Waals surface area contributed by atoms with Gasteiger partial charge in [0.15, 0.2) is 6.61 Å². The van der Waals surface area contributed by atoms with Gasteiger partial charge in [-0.25, -0.2) is 4.79 Å². The molecule has 0 aromatic heterocycles. The highest BCUT2D eigenvalue weighted by Crippen LogP contribution is 2.26. The van der Waals surface area contributed by atoms with E-state index in [4.69, 9.17) is 14.6 Å². The van der Waals surface area contributed by atoms with Gasteiger partial charge in [0, 0.05) is 12.2 Å². The van der Waals surface area contributed by atoms with Crippen molar-refractivity contribution in [3.8, 4) is 5.75 Å². The lowest BCUT2D eigenvalue weighted by Gasteiger charge is -2.24. The molecule has 6 nitrogen and oxygen atoms in total. The largest absolute Gasteiger partial charge is 0.481 e. The summed E-state index contributed by atoms with van der Waals surface area (Å²) in [6, 6.07) is 3.41. The molecular formula is C16H21NO5. The molecule has 1 heterocycles. The molecule has 0 spiro atoms. The van der Waals surface area contributed by atoms with Crippen LogP contribution >= 0.6 is 0 Å². The minimum atomic E-state index is -1.03. The quantitative estimate of drug-likeness (QED) is 0.864. The number of carboxylic acid groups (broad SMARTS) is 1. The highest BCUT2D eigenvalue weighted by molar-refractivity contribution is 5.95. The molecule has 1 aromatic rings. The van der Waals surface area contributed by atoms with Gasteiger partial charge in [-0.3, -0.25) is 4.79 Å². The molecular weight excluding hydrogens is 286 g/mol. The van der Waals surface area contributed by atoms with Gasteiger partial charge in [0.05, 0.1) is 12.1 Å². The van der Waals surface area contributed by atoms with Gasteiger partial charge in [0.1, 0.15) is 5.75 Å². The van der Waals surface area contributed by atoms with Crippen LogP contribution < -0.4 is 10.1 Å². The molecule has 0 bridgehead atoms. The number of carbonyl (C=O) groups is 2. The zero-order valence-corrected chi connectivity index (χ0v) is 13.1. The number of nitrogens with one attached hydrogen (secondary N) is 1. The maximum absolute atomic E-state index is 12.4. The Morgan fingerprint density at radius 2 is 2.00 bits per heavy atom. The zero-order chi connectivity index (χ0) is 16.3. The smallest absolute Gasteiger partial charge is 0.341 e. The van der Waals surface area contributed by atoms with Crippen LogP contribution in [0.4, 0.5) is 0 Å². The summed E-state index contributed by atoms with van der Waals surface area (Å²) in [4.78, 5) is 23.0. The Balaban J connectivity index is 2.15. The van der Waals surface area contributed by atoms with E-state index in [1.54, 1.807) is 26.0 Å². The van der Waals surface area contributed by atoms with Gasteiger partial charge in [-0.05, 0) is 50.5 Å². The lowest BCUT2D eigenvalue weighted by Crippen LogP contribution is -2.46. The van der Waals surface area contributed by atoms with Gasteiger partial charge in [0.25, 0.3) is 5.91 Å². The number of ether oxygens (including phenoxy) is 2. The third-order valence-corrected chi connectivity index (χ3v) is 3.70. The molecule has 1 aromatic carbocycles. The van der Waals surface area contributed by atoms with Crippen LogP contribution in [0, 0.1) is 13.8 Å². The SMILES string of the molecule is Cc1cc(C(=O)NC2(C)CCOC2)cc(C)c1OCC(=O)O. The second-order valence-corrected chi connectivity index (χ2v) is 5.94. The molecule has 1 unspecified atom stereocenters. The van der Waals surface area contributed by atoms with Gasteiger partial charge in [0.2, 0.25) is 0 Å². The van der Waals surface area contributed by atoms with Crippen molar-refractivity contribution < 1.29 is 24.2 Å². The second-order valence-electron chi connectivity index (χ2n) is 5.94. The number of aliphatic carboxylic acids is 1. The van der Waals surface area contributed by atoms with Gasteiger partial charge in [-0.15, -0.1) is 0 Å². The molecule has 2 rings (SSSR count). The average Bonchev–Trinajstić information content (AvgIpc) is 2.83. The van der Waals surface area contributed by atoms with E-state index in [1.807, 2.05) is 6.92 Å². The molecule has 1 atom stereocenters. The van der Waals surface area contributed by atoms with E-state index < -0.39 is 12.6 Å². The highest BCUT2D eigenvalue weighted by atomic mass is 16.5. The molecule has 1 aliphatic heterocycles. The second kappa shape index (κ2) is 6.36. The van der Waals surface area contributed by atoms with Crippen LogP contribution in [0.15, 0.2) is 12.1 Å². The van der Waals surface area contributed by atoms with Crippen LogP contribution in [0.5, 0.6) is 5.75 Å². The van der Waals surface area contributed by atoms with Gasteiger partial charge < -0.3 is 19.9 Å². The Bertz CT molecular complexity index is 567. The van der Waals surface area contributed by atoms with Crippen molar-refractivity contribution in [2.75, 3.05) is 19.8 Å². The van der Waals surface area contributed by atoms with Crippen molar-refractivity contribution in [2.24, 2.45) is 0 Å². The first-order chi connectivity index (χ1) is 10.3. The van der Waals surface area contributed by atoms with E-state index in [0.717, 1.165) is 17.5 Å². The summed E-state index contributed by atoms with van der Waals surface area (Å²) in [6.45, 7) is 6.31. The minimum Gasteiger partial charge on any atom is -0.481 e. The fraction of sp³-hybridized carbons (Fsp3) is 0.500. The summed E-state index contributed by atoms with van der Waals surface area (Å²) in [5.41, 5.74) is 1.67. The fourth-order valence-corrected chi connectivity index (χ4v) is 2.55. The Kier molecular flexibility index (Phi) is 4.71. The Labute approximate surface area is 129 Å². The van der Waals surface area contributed by atoms with Crippen LogP contribution in [0.25, 0.3) is 0 Å².